The zero-order valence-corrected chi connectivity index (χ0v) is 6.23. The molecule has 0 aromatic rings. The SMILES string of the molecule is CCCCCOCCN. The lowest BCUT2D eigenvalue weighted by Gasteiger charge is -1.99. The van der Waals surface area contributed by atoms with Crippen LogP contribution in [0.2, 0.25) is 0 Å². The molecule has 0 heterocycles. The van der Waals surface area contributed by atoms with Crippen molar-refractivity contribution in [1.82, 2.24) is 0 Å². The third-order valence-corrected chi connectivity index (χ3v) is 1.15. The molecular weight excluding hydrogens is 114 g/mol. The standard InChI is InChI=1S/C7H17NO/c1-2-3-4-6-9-7-5-8/h2-8H2,1H3. The summed E-state index contributed by atoms with van der Waals surface area (Å²) in [6.07, 6.45) is 3.70. The molecular formula is C7H17NO. The smallest absolute Gasteiger partial charge is 0.0588 e. The summed E-state index contributed by atoms with van der Waals surface area (Å²) in [7, 11) is 0. The molecule has 0 aliphatic carbocycles. The first kappa shape index (κ1) is 8.92. The van der Waals surface area contributed by atoms with E-state index in [1.807, 2.05) is 0 Å². The van der Waals surface area contributed by atoms with E-state index in [2.05, 4.69) is 6.92 Å². The minimum atomic E-state index is 0.645. The number of hydrogen-bond acceptors (Lipinski definition) is 2. The average molecular weight is 131 g/mol. The van der Waals surface area contributed by atoms with E-state index in [9.17, 15) is 0 Å². The monoisotopic (exact) mass is 131 g/mol. The van der Waals surface area contributed by atoms with Gasteiger partial charge in [0.2, 0.25) is 0 Å². The molecule has 0 saturated heterocycles. The molecule has 0 aliphatic heterocycles. The van der Waals surface area contributed by atoms with Crippen molar-refractivity contribution in [3.63, 3.8) is 0 Å². The summed E-state index contributed by atoms with van der Waals surface area (Å²) in [4.78, 5) is 0. The fraction of sp³-hybridized carbons (Fsp3) is 1.00. The summed E-state index contributed by atoms with van der Waals surface area (Å²) in [6.45, 7) is 4.42. The molecule has 0 rings (SSSR count). The van der Waals surface area contributed by atoms with E-state index in [0.29, 0.717) is 13.2 Å². The van der Waals surface area contributed by atoms with E-state index < -0.39 is 0 Å². The molecule has 0 radical (unpaired) electrons. The highest BCUT2D eigenvalue weighted by atomic mass is 16.5. The lowest BCUT2D eigenvalue weighted by molar-refractivity contribution is 0.137. The fourth-order valence-corrected chi connectivity index (χ4v) is 0.640. The van der Waals surface area contributed by atoms with Gasteiger partial charge in [-0.3, -0.25) is 0 Å². The Balaban J connectivity index is 2.60. The highest BCUT2D eigenvalue weighted by molar-refractivity contribution is 4.36. The Kier molecular flexibility index (Phi) is 7.85. The summed E-state index contributed by atoms with van der Waals surface area (Å²) in [5, 5.41) is 0. The third kappa shape index (κ3) is 7.92. The van der Waals surface area contributed by atoms with Crippen LogP contribution in [0, 0.1) is 0 Å². The quantitative estimate of drug-likeness (QED) is 0.549. The number of ether oxygens (including phenoxy) is 1. The van der Waals surface area contributed by atoms with Crippen LogP contribution < -0.4 is 5.73 Å². The van der Waals surface area contributed by atoms with E-state index >= 15 is 0 Å². The van der Waals surface area contributed by atoms with E-state index in [-0.39, 0.29) is 0 Å². The first-order valence-corrected chi connectivity index (χ1v) is 3.69. The third-order valence-electron chi connectivity index (χ3n) is 1.15. The number of hydrogen-bond donors (Lipinski definition) is 1. The van der Waals surface area contributed by atoms with Gasteiger partial charge in [0.15, 0.2) is 0 Å². The van der Waals surface area contributed by atoms with Gasteiger partial charge in [-0.1, -0.05) is 19.8 Å². The zero-order valence-electron chi connectivity index (χ0n) is 6.23. The number of unbranched alkanes of at least 4 members (excludes halogenated alkanes) is 2. The predicted octanol–water partition coefficient (Wildman–Crippen LogP) is 1.15. The zero-order chi connectivity index (χ0) is 6.95. The first-order chi connectivity index (χ1) is 4.41. The Labute approximate surface area is 57.4 Å². The molecule has 0 spiro atoms. The van der Waals surface area contributed by atoms with Gasteiger partial charge in [-0.05, 0) is 6.42 Å². The van der Waals surface area contributed by atoms with Crippen LogP contribution in [0.5, 0.6) is 0 Å². The molecule has 2 N–H and O–H groups in total. The Morgan fingerprint density at radius 2 is 2.00 bits per heavy atom. The van der Waals surface area contributed by atoms with Gasteiger partial charge in [-0.15, -0.1) is 0 Å². The molecule has 0 saturated carbocycles. The Morgan fingerprint density at radius 1 is 1.22 bits per heavy atom. The molecule has 0 fully saturated rings. The van der Waals surface area contributed by atoms with Crippen molar-refractivity contribution in [1.29, 1.82) is 0 Å². The maximum atomic E-state index is 5.22. The van der Waals surface area contributed by atoms with Crippen LogP contribution in [0.1, 0.15) is 26.2 Å². The highest BCUT2D eigenvalue weighted by Crippen LogP contribution is 1.92. The molecule has 0 unspecified atom stereocenters. The fourth-order valence-electron chi connectivity index (χ4n) is 0.640. The van der Waals surface area contributed by atoms with Crippen LogP contribution in [0.3, 0.4) is 0 Å². The molecule has 0 bridgehead atoms. The maximum Gasteiger partial charge on any atom is 0.0588 e. The van der Waals surface area contributed by atoms with Gasteiger partial charge < -0.3 is 10.5 Å². The molecule has 0 atom stereocenters. The number of nitrogens with two attached hydrogens (primary N) is 1. The van der Waals surface area contributed by atoms with Crippen LogP contribution in [-0.4, -0.2) is 19.8 Å². The van der Waals surface area contributed by atoms with Crippen molar-refractivity contribution in [2.75, 3.05) is 19.8 Å². The second-order valence-corrected chi connectivity index (χ2v) is 2.11. The first-order valence-electron chi connectivity index (χ1n) is 3.69. The summed E-state index contributed by atoms with van der Waals surface area (Å²) >= 11 is 0. The molecule has 0 amide bonds. The summed E-state index contributed by atoms with van der Waals surface area (Å²) in [5.41, 5.74) is 5.22. The maximum absolute atomic E-state index is 5.22. The van der Waals surface area contributed by atoms with Crippen LogP contribution in [0.25, 0.3) is 0 Å². The van der Waals surface area contributed by atoms with E-state index in [4.69, 9.17) is 10.5 Å². The Bertz CT molecular complexity index is 42.2. The van der Waals surface area contributed by atoms with Crippen molar-refractivity contribution >= 4 is 0 Å². The lowest BCUT2D eigenvalue weighted by atomic mass is 10.3. The van der Waals surface area contributed by atoms with Gasteiger partial charge >= 0.3 is 0 Å². The predicted molar refractivity (Wildman–Crippen MR) is 39.4 cm³/mol. The molecule has 9 heavy (non-hydrogen) atoms. The average Bonchev–Trinajstić information content (AvgIpc) is 1.89. The van der Waals surface area contributed by atoms with Crippen molar-refractivity contribution in [3.05, 3.63) is 0 Å². The van der Waals surface area contributed by atoms with Gasteiger partial charge in [0, 0.05) is 13.2 Å². The van der Waals surface area contributed by atoms with Crippen LogP contribution in [0.15, 0.2) is 0 Å². The summed E-state index contributed by atoms with van der Waals surface area (Å²) in [6, 6.07) is 0. The molecule has 2 heteroatoms. The van der Waals surface area contributed by atoms with Crippen LogP contribution in [0.4, 0.5) is 0 Å². The lowest BCUT2D eigenvalue weighted by Crippen LogP contribution is -2.08. The molecule has 0 aliphatic rings. The van der Waals surface area contributed by atoms with Crippen molar-refractivity contribution in [2.45, 2.75) is 26.2 Å². The van der Waals surface area contributed by atoms with Crippen molar-refractivity contribution in [2.24, 2.45) is 5.73 Å². The van der Waals surface area contributed by atoms with Gasteiger partial charge in [0.1, 0.15) is 0 Å². The topological polar surface area (TPSA) is 35.2 Å². The van der Waals surface area contributed by atoms with Crippen LogP contribution in [-0.2, 0) is 4.74 Å². The van der Waals surface area contributed by atoms with Gasteiger partial charge in [-0.25, -0.2) is 0 Å². The van der Waals surface area contributed by atoms with E-state index in [1.54, 1.807) is 0 Å². The molecule has 2 nitrogen and oxygen atoms in total. The second-order valence-electron chi connectivity index (χ2n) is 2.11. The highest BCUT2D eigenvalue weighted by Gasteiger charge is 1.84. The normalized spacial score (nSPS) is 10.0. The van der Waals surface area contributed by atoms with Gasteiger partial charge in [0.05, 0.1) is 6.61 Å². The largest absolute Gasteiger partial charge is 0.380 e. The second kappa shape index (κ2) is 7.92. The van der Waals surface area contributed by atoms with Crippen molar-refractivity contribution < 1.29 is 4.74 Å². The summed E-state index contributed by atoms with van der Waals surface area (Å²) < 4.78 is 5.16. The molecule has 56 valence electrons. The molecule has 0 aromatic heterocycles. The minimum Gasteiger partial charge on any atom is -0.380 e. The van der Waals surface area contributed by atoms with Gasteiger partial charge in [0.25, 0.3) is 0 Å². The van der Waals surface area contributed by atoms with E-state index in [0.717, 1.165) is 6.61 Å². The molecule has 0 aromatic carbocycles. The van der Waals surface area contributed by atoms with Gasteiger partial charge in [-0.2, -0.15) is 0 Å². The Hall–Kier alpha value is -0.0800. The van der Waals surface area contributed by atoms with Crippen LogP contribution >= 0.6 is 0 Å². The minimum absolute atomic E-state index is 0.645. The Morgan fingerprint density at radius 3 is 2.56 bits per heavy atom. The van der Waals surface area contributed by atoms with E-state index in [1.165, 1.54) is 19.3 Å². The summed E-state index contributed by atoms with van der Waals surface area (Å²) in [5.74, 6) is 0. The number of rotatable bonds is 6. The van der Waals surface area contributed by atoms with Crippen molar-refractivity contribution in [3.8, 4) is 0 Å².